The molecule has 3 nitrogen and oxygen atoms in total. The van der Waals surface area contributed by atoms with Crippen molar-refractivity contribution in [1.29, 1.82) is 0 Å². The molecular formula is C16H20N2O. The van der Waals surface area contributed by atoms with Crippen LogP contribution < -0.4 is 0 Å². The van der Waals surface area contributed by atoms with E-state index in [1.54, 1.807) is 18.5 Å². The number of rotatable bonds is 6. The average Bonchev–Trinajstić information content (AvgIpc) is 2.45. The predicted octanol–water partition coefficient (Wildman–Crippen LogP) is 3.97. The first kappa shape index (κ1) is 13.5. The summed E-state index contributed by atoms with van der Waals surface area (Å²) < 4.78 is 0. The molecule has 0 saturated heterocycles. The fraction of sp³-hybridized carbons (Fsp3) is 0.375. The summed E-state index contributed by atoms with van der Waals surface area (Å²) in [6, 6.07) is 7.55. The summed E-state index contributed by atoms with van der Waals surface area (Å²) in [5.74, 6) is 0.830. The number of hydrogen-bond donors (Lipinski definition) is 1. The second kappa shape index (κ2) is 6.88. The number of aromatic hydroxyl groups is 1. The maximum absolute atomic E-state index is 10.1. The third-order valence-corrected chi connectivity index (χ3v) is 3.19. The van der Waals surface area contributed by atoms with Crippen LogP contribution in [0.5, 0.6) is 5.75 Å². The Hall–Kier alpha value is -1.90. The second-order valence-electron chi connectivity index (χ2n) is 4.73. The lowest BCUT2D eigenvalue weighted by Crippen LogP contribution is -1.90. The average molecular weight is 256 g/mol. The van der Waals surface area contributed by atoms with Crippen molar-refractivity contribution < 1.29 is 5.11 Å². The van der Waals surface area contributed by atoms with Gasteiger partial charge in [0.05, 0.1) is 5.56 Å². The van der Waals surface area contributed by atoms with Crippen molar-refractivity contribution in [1.82, 2.24) is 9.97 Å². The van der Waals surface area contributed by atoms with Crippen molar-refractivity contribution in [3.05, 3.63) is 42.2 Å². The Morgan fingerprint density at radius 1 is 1.05 bits per heavy atom. The molecule has 0 aliphatic carbocycles. The number of unbranched alkanes of at least 4 members (excludes halogenated alkanes) is 3. The Labute approximate surface area is 114 Å². The third kappa shape index (κ3) is 3.78. The standard InChI is InChI=1S/C16H20N2O/c1-2-3-4-5-7-13-8-9-14(15(19)12-13)16-17-10-6-11-18-16/h6,8-12,19H,2-5,7H2,1H3. The minimum Gasteiger partial charge on any atom is -0.507 e. The summed E-state index contributed by atoms with van der Waals surface area (Å²) >= 11 is 0. The highest BCUT2D eigenvalue weighted by atomic mass is 16.3. The highest BCUT2D eigenvalue weighted by molar-refractivity contribution is 5.63. The predicted molar refractivity (Wildman–Crippen MR) is 77.0 cm³/mol. The van der Waals surface area contributed by atoms with E-state index >= 15 is 0 Å². The van der Waals surface area contributed by atoms with E-state index in [0.717, 1.165) is 6.42 Å². The first-order valence-corrected chi connectivity index (χ1v) is 6.90. The largest absolute Gasteiger partial charge is 0.507 e. The first-order chi connectivity index (χ1) is 9.31. The Morgan fingerprint density at radius 2 is 1.84 bits per heavy atom. The van der Waals surface area contributed by atoms with Gasteiger partial charge in [-0.15, -0.1) is 0 Å². The van der Waals surface area contributed by atoms with Crippen LogP contribution >= 0.6 is 0 Å². The van der Waals surface area contributed by atoms with Crippen LogP contribution in [0.2, 0.25) is 0 Å². The molecule has 19 heavy (non-hydrogen) atoms. The summed E-state index contributed by atoms with van der Waals surface area (Å²) in [7, 11) is 0. The lowest BCUT2D eigenvalue weighted by atomic mass is 10.0. The molecule has 1 aromatic carbocycles. The van der Waals surface area contributed by atoms with E-state index in [-0.39, 0.29) is 5.75 Å². The molecule has 1 heterocycles. The number of aryl methyl sites for hydroxylation is 1. The lowest BCUT2D eigenvalue weighted by molar-refractivity contribution is 0.476. The van der Waals surface area contributed by atoms with Crippen LogP contribution in [0, 0.1) is 0 Å². The van der Waals surface area contributed by atoms with E-state index in [9.17, 15) is 5.11 Å². The number of phenols is 1. The van der Waals surface area contributed by atoms with Crippen molar-refractivity contribution >= 4 is 0 Å². The van der Waals surface area contributed by atoms with Crippen LogP contribution in [0.25, 0.3) is 11.4 Å². The zero-order chi connectivity index (χ0) is 13.5. The zero-order valence-electron chi connectivity index (χ0n) is 11.3. The topological polar surface area (TPSA) is 46.0 Å². The van der Waals surface area contributed by atoms with E-state index in [1.165, 1.54) is 31.2 Å². The van der Waals surface area contributed by atoms with Crippen molar-refractivity contribution in [2.75, 3.05) is 0 Å². The SMILES string of the molecule is CCCCCCc1ccc(-c2ncccn2)c(O)c1. The molecule has 1 N–H and O–H groups in total. The maximum atomic E-state index is 10.1. The van der Waals surface area contributed by atoms with E-state index in [0.29, 0.717) is 11.4 Å². The molecule has 1 aromatic heterocycles. The van der Waals surface area contributed by atoms with Gasteiger partial charge in [0.1, 0.15) is 5.75 Å². The minimum absolute atomic E-state index is 0.263. The van der Waals surface area contributed by atoms with Gasteiger partial charge in [-0.2, -0.15) is 0 Å². The molecule has 0 bridgehead atoms. The Kier molecular flexibility index (Phi) is 4.90. The molecule has 2 rings (SSSR count). The third-order valence-electron chi connectivity index (χ3n) is 3.19. The van der Waals surface area contributed by atoms with Gasteiger partial charge in [-0.25, -0.2) is 9.97 Å². The van der Waals surface area contributed by atoms with Crippen molar-refractivity contribution in [2.45, 2.75) is 39.0 Å². The first-order valence-electron chi connectivity index (χ1n) is 6.90. The van der Waals surface area contributed by atoms with Gasteiger partial charge < -0.3 is 5.11 Å². The van der Waals surface area contributed by atoms with Gasteiger partial charge in [0.2, 0.25) is 0 Å². The highest BCUT2D eigenvalue weighted by Crippen LogP contribution is 2.27. The normalized spacial score (nSPS) is 10.6. The van der Waals surface area contributed by atoms with Crippen molar-refractivity contribution in [3.8, 4) is 17.1 Å². The van der Waals surface area contributed by atoms with E-state index < -0.39 is 0 Å². The highest BCUT2D eigenvalue weighted by Gasteiger charge is 2.07. The molecule has 3 heteroatoms. The van der Waals surface area contributed by atoms with Crippen LogP contribution in [0.15, 0.2) is 36.7 Å². The quantitative estimate of drug-likeness (QED) is 0.795. The van der Waals surface area contributed by atoms with Gasteiger partial charge in [0.25, 0.3) is 0 Å². The van der Waals surface area contributed by atoms with E-state index in [1.807, 2.05) is 12.1 Å². The summed E-state index contributed by atoms with van der Waals surface area (Å²) in [6.45, 7) is 2.21. The number of phenolic OH excluding ortho intramolecular Hbond substituents is 1. The summed E-state index contributed by atoms with van der Waals surface area (Å²) in [5, 5.41) is 10.1. The number of hydrogen-bond acceptors (Lipinski definition) is 3. The molecule has 0 spiro atoms. The summed E-state index contributed by atoms with van der Waals surface area (Å²) in [5.41, 5.74) is 1.87. The van der Waals surface area contributed by atoms with Gasteiger partial charge in [0, 0.05) is 12.4 Å². The molecule has 100 valence electrons. The molecule has 0 unspecified atom stereocenters. The molecule has 0 aliphatic rings. The molecule has 0 saturated carbocycles. The Morgan fingerprint density at radius 3 is 2.53 bits per heavy atom. The van der Waals surface area contributed by atoms with E-state index in [2.05, 4.69) is 23.0 Å². The molecular weight excluding hydrogens is 236 g/mol. The van der Waals surface area contributed by atoms with E-state index in [4.69, 9.17) is 0 Å². The molecule has 0 amide bonds. The van der Waals surface area contributed by atoms with Crippen LogP contribution in [0.1, 0.15) is 38.2 Å². The monoisotopic (exact) mass is 256 g/mol. The summed E-state index contributed by atoms with van der Waals surface area (Å²) in [4.78, 5) is 8.31. The van der Waals surface area contributed by atoms with Gasteiger partial charge in [-0.3, -0.25) is 0 Å². The maximum Gasteiger partial charge on any atom is 0.162 e. The van der Waals surface area contributed by atoms with Crippen molar-refractivity contribution in [3.63, 3.8) is 0 Å². The number of aromatic nitrogens is 2. The fourth-order valence-electron chi connectivity index (χ4n) is 2.12. The molecule has 0 fully saturated rings. The fourth-order valence-corrected chi connectivity index (χ4v) is 2.12. The lowest BCUT2D eigenvalue weighted by Gasteiger charge is -2.06. The zero-order valence-corrected chi connectivity index (χ0v) is 11.3. The molecule has 0 radical (unpaired) electrons. The summed E-state index contributed by atoms with van der Waals surface area (Å²) in [6.07, 6.45) is 9.33. The van der Waals surface area contributed by atoms with Gasteiger partial charge in [-0.05, 0) is 36.6 Å². The molecule has 0 atom stereocenters. The van der Waals surface area contributed by atoms with Gasteiger partial charge >= 0.3 is 0 Å². The molecule has 2 aromatic rings. The van der Waals surface area contributed by atoms with Gasteiger partial charge in [-0.1, -0.05) is 32.3 Å². The van der Waals surface area contributed by atoms with Crippen LogP contribution in [0.4, 0.5) is 0 Å². The Bertz CT molecular complexity index is 511. The number of benzene rings is 1. The minimum atomic E-state index is 0.263. The van der Waals surface area contributed by atoms with Crippen LogP contribution in [-0.4, -0.2) is 15.1 Å². The number of nitrogens with zero attached hydrogens (tertiary/aromatic N) is 2. The van der Waals surface area contributed by atoms with Gasteiger partial charge in [0.15, 0.2) is 5.82 Å². The van der Waals surface area contributed by atoms with Crippen molar-refractivity contribution in [2.24, 2.45) is 0 Å². The molecule has 0 aliphatic heterocycles. The van der Waals surface area contributed by atoms with Crippen LogP contribution in [-0.2, 0) is 6.42 Å². The Balaban J connectivity index is 2.05. The van der Waals surface area contributed by atoms with Crippen LogP contribution in [0.3, 0.4) is 0 Å². The smallest absolute Gasteiger partial charge is 0.162 e. The second-order valence-corrected chi connectivity index (χ2v) is 4.73.